The molecular formula is C27H21F2N7O2. The van der Waals surface area contributed by atoms with Gasteiger partial charge in [-0.05, 0) is 38.8 Å². The fraction of sp³-hybridized carbons (Fsp3) is 0.296. The lowest BCUT2D eigenvalue weighted by atomic mass is 9.83. The van der Waals surface area contributed by atoms with Crippen LogP contribution in [0.1, 0.15) is 54.7 Å². The van der Waals surface area contributed by atoms with Crippen molar-refractivity contribution in [2.24, 2.45) is 5.41 Å². The van der Waals surface area contributed by atoms with E-state index < -0.39 is 22.5 Å². The highest BCUT2D eigenvalue weighted by Crippen LogP contribution is 2.49. The molecule has 4 heterocycles. The van der Waals surface area contributed by atoms with Gasteiger partial charge in [-0.3, -0.25) is 9.59 Å². The van der Waals surface area contributed by atoms with Crippen molar-refractivity contribution < 1.29 is 18.4 Å². The number of aromatic nitrogens is 5. The highest BCUT2D eigenvalue weighted by molar-refractivity contribution is 6.10. The van der Waals surface area contributed by atoms with E-state index in [1.54, 1.807) is 32.0 Å². The van der Waals surface area contributed by atoms with Crippen molar-refractivity contribution in [2.75, 3.05) is 5.32 Å². The molecule has 11 heteroatoms. The third kappa shape index (κ3) is 3.72. The van der Waals surface area contributed by atoms with E-state index in [0.717, 1.165) is 6.20 Å². The number of rotatable bonds is 6. The summed E-state index contributed by atoms with van der Waals surface area (Å²) in [6.45, 7) is 3.35. The molecule has 4 aromatic rings. The molecule has 0 radical (unpaired) electrons. The van der Waals surface area contributed by atoms with Crippen molar-refractivity contribution in [3.05, 3.63) is 65.0 Å². The minimum absolute atomic E-state index is 0.00694. The summed E-state index contributed by atoms with van der Waals surface area (Å²) in [6.07, 6.45) is 2.23. The van der Waals surface area contributed by atoms with Gasteiger partial charge in [-0.25, -0.2) is 28.4 Å². The summed E-state index contributed by atoms with van der Waals surface area (Å²) in [5, 5.41) is 17.0. The average Bonchev–Trinajstić information content (AvgIpc) is 3.51. The quantitative estimate of drug-likeness (QED) is 0.381. The van der Waals surface area contributed by atoms with Crippen LogP contribution in [0.25, 0.3) is 22.6 Å². The molecule has 0 atom stereocenters. The number of nitriles is 1. The number of halogens is 2. The van der Waals surface area contributed by atoms with E-state index in [1.165, 1.54) is 16.8 Å². The van der Waals surface area contributed by atoms with E-state index in [2.05, 4.69) is 31.4 Å². The number of fused-ring (bicyclic) bond motifs is 2. The maximum atomic E-state index is 14.4. The van der Waals surface area contributed by atoms with Crippen LogP contribution in [0.15, 0.2) is 36.5 Å². The number of hydrogen-bond donors (Lipinski definition) is 1. The number of amides is 1. The molecule has 2 aliphatic rings. The van der Waals surface area contributed by atoms with E-state index in [9.17, 15) is 23.6 Å². The van der Waals surface area contributed by atoms with Gasteiger partial charge in [0.2, 0.25) is 5.91 Å². The highest BCUT2D eigenvalue weighted by Gasteiger charge is 2.48. The minimum atomic E-state index is -1.08. The third-order valence-corrected chi connectivity index (χ3v) is 7.23. The highest BCUT2D eigenvalue weighted by atomic mass is 19.1. The number of pyridine rings is 1. The molecule has 1 aliphatic carbocycles. The summed E-state index contributed by atoms with van der Waals surface area (Å²) in [6, 6.07) is 9.64. The van der Waals surface area contributed by atoms with Crippen molar-refractivity contribution in [1.29, 1.82) is 5.26 Å². The maximum absolute atomic E-state index is 14.4. The lowest BCUT2D eigenvalue weighted by molar-refractivity contribution is -0.119. The zero-order valence-electron chi connectivity index (χ0n) is 20.5. The number of nitrogens with zero attached hydrogens (tertiary/aromatic N) is 6. The molecule has 0 unspecified atom stereocenters. The Morgan fingerprint density at radius 3 is 2.68 bits per heavy atom. The molecule has 1 amide bonds. The first kappa shape index (κ1) is 23.8. The molecule has 1 N–H and O–H groups in total. The zero-order chi connectivity index (χ0) is 26.8. The van der Waals surface area contributed by atoms with Crippen LogP contribution in [0.4, 0.5) is 14.6 Å². The molecule has 38 heavy (non-hydrogen) atoms. The topological polar surface area (TPSA) is 126 Å². The molecule has 0 saturated heterocycles. The van der Waals surface area contributed by atoms with E-state index >= 15 is 0 Å². The number of anilines is 1. The summed E-state index contributed by atoms with van der Waals surface area (Å²) in [5.74, 6) is -1.64. The predicted molar refractivity (Wildman–Crippen MR) is 132 cm³/mol. The van der Waals surface area contributed by atoms with Crippen LogP contribution in [0.2, 0.25) is 0 Å². The van der Waals surface area contributed by atoms with Crippen LogP contribution in [0.5, 0.6) is 0 Å². The number of carbonyl (C=O) groups excluding carboxylic acids is 2. The van der Waals surface area contributed by atoms with E-state index in [1.807, 2.05) is 0 Å². The van der Waals surface area contributed by atoms with Crippen molar-refractivity contribution in [1.82, 2.24) is 24.7 Å². The SMILES string of the molecule is CC1(C)C(=O)Nc2nc(-c3nn(Cc4ccccc4F)c4ncc(F)cc34)nc(C(=O)CC3(C#N)CC3)c21. The molecule has 9 nitrogen and oxygen atoms in total. The zero-order valence-corrected chi connectivity index (χ0v) is 20.5. The molecule has 0 spiro atoms. The van der Waals surface area contributed by atoms with E-state index in [-0.39, 0.29) is 58.7 Å². The van der Waals surface area contributed by atoms with Crippen molar-refractivity contribution in [3.8, 4) is 17.6 Å². The van der Waals surface area contributed by atoms with E-state index in [0.29, 0.717) is 24.0 Å². The maximum Gasteiger partial charge on any atom is 0.235 e. The third-order valence-electron chi connectivity index (χ3n) is 7.23. The standard InChI is InChI=1S/C27H21F2N7O2/c1-26(2)19-21(18(37)10-27(13-30)7-8-27)32-23(33-22(19)34-25(26)38)20-16-9-15(28)11-31-24(16)36(35-20)12-14-5-3-4-6-17(14)29/h3-6,9,11H,7-8,10,12H2,1-2H3,(H,32,33,34,38). The van der Waals surface area contributed by atoms with E-state index in [4.69, 9.17) is 0 Å². The molecule has 1 saturated carbocycles. The molecule has 3 aromatic heterocycles. The lowest BCUT2D eigenvalue weighted by Crippen LogP contribution is -2.29. The number of nitrogens with one attached hydrogen (secondary N) is 1. The Morgan fingerprint density at radius 2 is 1.97 bits per heavy atom. The summed E-state index contributed by atoms with van der Waals surface area (Å²) < 4.78 is 30.1. The average molecular weight is 514 g/mol. The van der Waals surface area contributed by atoms with Crippen molar-refractivity contribution >= 4 is 28.5 Å². The second kappa shape index (κ2) is 8.21. The number of carbonyl (C=O) groups is 2. The van der Waals surface area contributed by atoms with Gasteiger partial charge < -0.3 is 5.32 Å². The molecule has 1 fully saturated rings. The number of benzene rings is 1. The van der Waals surface area contributed by atoms with Crippen LogP contribution in [-0.4, -0.2) is 36.4 Å². The van der Waals surface area contributed by atoms with Crippen LogP contribution >= 0.6 is 0 Å². The Kier molecular flexibility index (Phi) is 5.14. The van der Waals surface area contributed by atoms with Crippen molar-refractivity contribution in [3.63, 3.8) is 0 Å². The van der Waals surface area contributed by atoms with Gasteiger partial charge in [-0.1, -0.05) is 18.2 Å². The van der Waals surface area contributed by atoms with Gasteiger partial charge >= 0.3 is 0 Å². The Labute approximate surface area is 215 Å². The molecule has 1 aliphatic heterocycles. The summed E-state index contributed by atoms with van der Waals surface area (Å²) in [7, 11) is 0. The van der Waals surface area contributed by atoms with Gasteiger partial charge in [0.15, 0.2) is 17.3 Å². The fourth-order valence-electron chi connectivity index (χ4n) is 4.80. The Bertz CT molecular complexity index is 1720. The van der Waals surface area contributed by atoms with Gasteiger partial charge in [0.25, 0.3) is 0 Å². The molecule has 190 valence electrons. The Hall–Kier alpha value is -4.59. The van der Waals surface area contributed by atoms with Crippen LogP contribution < -0.4 is 5.32 Å². The van der Waals surface area contributed by atoms with Gasteiger partial charge in [-0.2, -0.15) is 10.4 Å². The number of Topliss-reactive ketones (excluding diaryl/α,β-unsaturated/α-hetero) is 1. The second-order valence-corrected chi connectivity index (χ2v) is 10.3. The van der Waals surface area contributed by atoms with Crippen molar-refractivity contribution in [2.45, 2.75) is 45.1 Å². The first-order valence-corrected chi connectivity index (χ1v) is 12.1. The first-order valence-electron chi connectivity index (χ1n) is 12.1. The summed E-state index contributed by atoms with van der Waals surface area (Å²) in [4.78, 5) is 39.5. The van der Waals surface area contributed by atoms with Gasteiger partial charge in [-0.15, -0.1) is 0 Å². The van der Waals surface area contributed by atoms with Gasteiger partial charge in [0, 0.05) is 17.5 Å². The molecule has 0 bridgehead atoms. The minimum Gasteiger partial charge on any atom is -0.310 e. The van der Waals surface area contributed by atoms with Crippen LogP contribution in [0.3, 0.4) is 0 Å². The lowest BCUT2D eigenvalue weighted by Gasteiger charge is -2.18. The number of ketones is 1. The predicted octanol–water partition coefficient (Wildman–Crippen LogP) is 4.32. The molecular weight excluding hydrogens is 492 g/mol. The summed E-state index contributed by atoms with van der Waals surface area (Å²) in [5.41, 5.74) is -0.688. The van der Waals surface area contributed by atoms with Crippen LogP contribution in [0, 0.1) is 28.4 Å². The summed E-state index contributed by atoms with van der Waals surface area (Å²) >= 11 is 0. The monoisotopic (exact) mass is 513 g/mol. The molecule has 6 rings (SSSR count). The Balaban J connectivity index is 1.53. The number of hydrogen-bond acceptors (Lipinski definition) is 7. The van der Waals surface area contributed by atoms with Gasteiger partial charge in [0.05, 0.1) is 35.0 Å². The largest absolute Gasteiger partial charge is 0.310 e. The smallest absolute Gasteiger partial charge is 0.235 e. The fourth-order valence-corrected chi connectivity index (χ4v) is 4.80. The Morgan fingerprint density at radius 1 is 1.21 bits per heavy atom. The van der Waals surface area contributed by atoms with Crippen LogP contribution in [-0.2, 0) is 16.8 Å². The second-order valence-electron chi connectivity index (χ2n) is 10.3. The first-order chi connectivity index (χ1) is 18.1. The van der Waals surface area contributed by atoms with Gasteiger partial charge in [0.1, 0.15) is 28.8 Å². The normalized spacial score (nSPS) is 16.7. The molecule has 1 aromatic carbocycles.